The third-order valence-corrected chi connectivity index (χ3v) is 8.84. The van der Waals surface area contributed by atoms with Gasteiger partial charge in [0.2, 0.25) is 0 Å². The van der Waals surface area contributed by atoms with Crippen LogP contribution in [0.1, 0.15) is 37.0 Å². The molecule has 2 saturated heterocycles. The molecule has 1 aromatic heterocycles. The predicted molar refractivity (Wildman–Crippen MR) is 127 cm³/mol. The second kappa shape index (κ2) is 9.91. The molecule has 1 aromatic carbocycles. The van der Waals surface area contributed by atoms with Crippen molar-refractivity contribution in [3.63, 3.8) is 0 Å². The minimum Gasteiger partial charge on any atom is -0.373 e. The van der Waals surface area contributed by atoms with Crippen LogP contribution in [0.4, 0.5) is 5.69 Å². The van der Waals surface area contributed by atoms with Gasteiger partial charge in [0.15, 0.2) is 0 Å². The average molecular weight is 478 g/mol. The molecule has 0 aliphatic carbocycles. The highest BCUT2D eigenvalue weighted by Crippen LogP contribution is 2.24. The van der Waals surface area contributed by atoms with E-state index in [9.17, 15) is 13.2 Å². The predicted octanol–water partition coefficient (Wildman–Crippen LogP) is 3.51. The first kappa shape index (κ1) is 23.2. The van der Waals surface area contributed by atoms with Gasteiger partial charge in [0.05, 0.1) is 12.2 Å². The summed E-state index contributed by atoms with van der Waals surface area (Å²) in [6.45, 7) is 8.79. The molecule has 0 saturated carbocycles. The molecule has 1 amide bonds. The second-order valence-electron chi connectivity index (χ2n) is 8.83. The number of morpholine rings is 1. The van der Waals surface area contributed by atoms with Gasteiger partial charge in [-0.3, -0.25) is 14.4 Å². The molecule has 2 unspecified atom stereocenters. The SMILES string of the molecule is CC1CN(CC2CCN(C(=O)c3ccc(NS(=O)(=O)c4cccs4)cc3)CC2)CC(C)O1. The number of likely N-dealkylation sites (tertiary alicyclic amines) is 1. The highest BCUT2D eigenvalue weighted by Gasteiger charge is 2.28. The maximum atomic E-state index is 12.9. The number of nitrogens with one attached hydrogen (secondary N) is 1. The van der Waals surface area contributed by atoms with Crippen molar-refractivity contribution >= 4 is 33.0 Å². The number of amides is 1. The molecule has 0 spiro atoms. The molecule has 1 N–H and O–H groups in total. The zero-order valence-electron chi connectivity index (χ0n) is 18.6. The zero-order valence-corrected chi connectivity index (χ0v) is 20.2. The number of thiophene rings is 1. The lowest BCUT2D eigenvalue weighted by Gasteiger charge is -2.39. The van der Waals surface area contributed by atoms with Gasteiger partial charge >= 0.3 is 0 Å². The van der Waals surface area contributed by atoms with Crippen LogP contribution in [0.3, 0.4) is 0 Å². The lowest BCUT2D eigenvalue weighted by Crippen LogP contribution is -2.48. The van der Waals surface area contributed by atoms with Crippen molar-refractivity contribution in [2.24, 2.45) is 5.92 Å². The Morgan fingerprint density at radius 2 is 1.75 bits per heavy atom. The molecule has 9 heteroatoms. The Bertz CT molecular complexity index is 990. The number of piperidine rings is 1. The van der Waals surface area contributed by atoms with Gasteiger partial charge < -0.3 is 9.64 Å². The number of carbonyl (C=O) groups is 1. The first-order chi connectivity index (χ1) is 15.3. The zero-order chi connectivity index (χ0) is 22.7. The van der Waals surface area contributed by atoms with Crippen LogP contribution in [-0.2, 0) is 14.8 Å². The van der Waals surface area contributed by atoms with Crippen molar-refractivity contribution in [3.05, 3.63) is 47.3 Å². The van der Waals surface area contributed by atoms with Crippen molar-refractivity contribution in [2.75, 3.05) is 37.4 Å². The van der Waals surface area contributed by atoms with Gasteiger partial charge in [-0.05, 0) is 68.3 Å². The fourth-order valence-corrected chi connectivity index (χ4v) is 6.65. The maximum Gasteiger partial charge on any atom is 0.271 e. The minimum atomic E-state index is -3.59. The molecule has 0 bridgehead atoms. The molecule has 2 aliphatic rings. The second-order valence-corrected chi connectivity index (χ2v) is 11.7. The fourth-order valence-electron chi connectivity index (χ4n) is 4.60. The summed E-state index contributed by atoms with van der Waals surface area (Å²) in [7, 11) is -3.59. The summed E-state index contributed by atoms with van der Waals surface area (Å²) in [5.41, 5.74) is 1.03. The van der Waals surface area contributed by atoms with Gasteiger partial charge in [-0.15, -0.1) is 11.3 Å². The van der Waals surface area contributed by atoms with E-state index in [4.69, 9.17) is 4.74 Å². The normalized spacial score (nSPS) is 23.2. The first-order valence-electron chi connectivity index (χ1n) is 11.1. The lowest BCUT2D eigenvalue weighted by molar-refractivity contribution is -0.0728. The Balaban J connectivity index is 1.29. The van der Waals surface area contributed by atoms with E-state index < -0.39 is 10.0 Å². The number of nitrogens with zero attached hydrogens (tertiary/aromatic N) is 2. The topological polar surface area (TPSA) is 79.0 Å². The van der Waals surface area contributed by atoms with Gasteiger partial charge in [-0.25, -0.2) is 8.42 Å². The molecule has 3 heterocycles. The third kappa shape index (κ3) is 5.70. The van der Waals surface area contributed by atoms with Crippen molar-refractivity contribution in [1.82, 2.24) is 9.80 Å². The summed E-state index contributed by atoms with van der Waals surface area (Å²) in [4.78, 5) is 17.3. The standard InChI is InChI=1S/C23H31N3O4S2/c1-17-14-25(15-18(2)30-17)16-19-9-11-26(12-10-19)23(27)20-5-7-21(8-6-20)24-32(28,29)22-4-3-13-31-22/h3-8,13,17-19,24H,9-12,14-16H2,1-2H3. The van der Waals surface area contributed by atoms with Gasteiger partial charge in [0, 0.05) is 44.0 Å². The van der Waals surface area contributed by atoms with Crippen molar-refractivity contribution in [1.29, 1.82) is 0 Å². The van der Waals surface area contributed by atoms with Crippen LogP contribution in [-0.4, -0.2) is 69.1 Å². The Morgan fingerprint density at radius 1 is 1.09 bits per heavy atom. The number of sulfonamides is 1. The summed E-state index contributed by atoms with van der Waals surface area (Å²) in [6.07, 6.45) is 2.56. The summed E-state index contributed by atoms with van der Waals surface area (Å²) in [5, 5.41) is 1.72. The van der Waals surface area contributed by atoms with E-state index in [1.54, 1.807) is 41.8 Å². The molecule has 2 fully saturated rings. The van der Waals surface area contributed by atoms with Gasteiger partial charge in [-0.1, -0.05) is 6.07 Å². The van der Waals surface area contributed by atoms with Gasteiger partial charge in [-0.2, -0.15) is 0 Å². The van der Waals surface area contributed by atoms with Crippen LogP contribution >= 0.6 is 11.3 Å². The summed E-state index contributed by atoms with van der Waals surface area (Å²) in [6, 6.07) is 9.94. The Morgan fingerprint density at radius 3 is 2.34 bits per heavy atom. The molecule has 0 radical (unpaired) electrons. The molecule has 32 heavy (non-hydrogen) atoms. The fraction of sp³-hybridized carbons (Fsp3) is 0.522. The minimum absolute atomic E-state index is 0.00438. The van der Waals surface area contributed by atoms with Crippen molar-refractivity contribution in [2.45, 2.75) is 43.1 Å². The van der Waals surface area contributed by atoms with Crippen molar-refractivity contribution < 1.29 is 17.9 Å². The van der Waals surface area contributed by atoms with E-state index in [0.29, 0.717) is 17.2 Å². The van der Waals surface area contributed by atoms with E-state index in [-0.39, 0.29) is 22.3 Å². The van der Waals surface area contributed by atoms with E-state index in [1.165, 1.54) is 11.3 Å². The van der Waals surface area contributed by atoms with Crippen LogP contribution in [0.5, 0.6) is 0 Å². The number of rotatable bonds is 6. The highest BCUT2D eigenvalue weighted by molar-refractivity contribution is 7.94. The first-order valence-corrected chi connectivity index (χ1v) is 13.5. The lowest BCUT2D eigenvalue weighted by atomic mass is 9.95. The molecule has 2 aliphatic heterocycles. The largest absolute Gasteiger partial charge is 0.373 e. The number of ether oxygens (including phenoxy) is 1. The number of anilines is 1. The molecular formula is C23H31N3O4S2. The molecule has 2 atom stereocenters. The van der Waals surface area contributed by atoms with Crippen LogP contribution in [0.15, 0.2) is 46.0 Å². The van der Waals surface area contributed by atoms with Crippen molar-refractivity contribution in [3.8, 4) is 0 Å². The molecule has 4 rings (SSSR count). The third-order valence-electron chi connectivity index (χ3n) is 6.06. The van der Waals surface area contributed by atoms with E-state index >= 15 is 0 Å². The smallest absolute Gasteiger partial charge is 0.271 e. The Labute approximate surface area is 194 Å². The molecule has 7 nitrogen and oxygen atoms in total. The van der Waals surface area contributed by atoms with Gasteiger partial charge in [0.1, 0.15) is 4.21 Å². The Hall–Kier alpha value is -1.94. The van der Waals surface area contributed by atoms with E-state index in [0.717, 1.165) is 45.6 Å². The molecular weight excluding hydrogens is 446 g/mol. The summed E-state index contributed by atoms with van der Waals surface area (Å²) >= 11 is 1.17. The Kier molecular flexibility index (Phi) is 7.19. The van der Waals surface area contributed by atoms with Crippen LogP contribution in [0.2, 0.25) is 0 Å². The maximum absolute atomic E-state index is 12.9. The van der Waals surface area contributed by atoms with Crippen LogP contribution < -0.4 is 4.72 Å². The van der Waals surface area contributed by atoms with E-state index in [2.05, 4.69) is 23.5 Å². The molecule has 174 valence electrons. The quantitative estimate of drug-likeness (QED) is 0.689. The number of hydrogen-bond donors (Lipinski definition) is 1. The summed E-state index contributed by atoms with van der Waals surface area (Å²) in [5.74, 6) is 0.607. The number of benzene rings is 1. The number of carbonyl (C=O) groups excluding carboxylic acids is 1. The summed E-state index contributed by atoms with van der Waals surface area (Å²) < 4.78 is 33.4. The average Bonchev–Trinajstić information content (AvgIpc) is 3.29. The van der Waals surface area contributed by atoms with Crippen LogP contribution in [0.25, 0.3) is 0 Å². The highest BCUT2D eigenvalue weighted by atomic mass is 32.2. The monoisotopic (exact) mass is 477 g/mol. The number of hydrogen-bond acceptors (Lipinski definition) is 6. The van der Waals surface area contributed by atoms with Crippen LogP contribution in [0, 0.1) is 5.92 Å². The van der Waals surface area contributed by atoms with Gasteiger partial charge in [0.25, 0.3) is 15.9 Å². The van der Waals surface area contributed by atoms with E-state index in [1.807, 2.05) is 4.90 Å². The molecule has 2 aromatic rings.